The number of hydrogen-bond donors (Lipinski definition) is 2. The van der Waals surface area contributed by atoms with Crippen LogP contribution in [0.4, 0.5) is 0 Å². The van der Waals surface area contributed by atoms with Crippen LogP contribution in [0.2, 0.25) is 0 Å². The van der Waals surface area contributed by atoms with E-state index < -0.39 is 25.8 Å². The summed E-state index contributed by atoms with van der Waals surface area (Å²) in [5.41, 5.74) is 4.11. The van der Waals surface area contributed by atoms with Gasteiger partial charge in [-0.25, -0.2) is 0 Å². The molecule has 1 aliphatic rings. The van der Waals surface area contributed by atoms with Crippen molar-refractivity contribution in [2.75, 3.05) is 9.86 Å². The van der Waals surface area contributed by atoms with Crippen molar-refractivity contribution in [1.82, 2.24) is 29.9 Å². The van der Waals surface area contributed by atoms with Crippen molar-refractivity contribution < 1.29 is 14.6 Å². The molecule has 1 aliphatic carbocycles. The summed E-state index contributed by atoms with van der Waals surface area (Å²) in [6.45, 7) is 0. The number of alkyl halides is 2. The number of aromatic amines is 1. The monoisotopic (exact) mass is 586 g/mol. The Morgan fingerprint density at radius 1 is 1.03 bits per heavy atom. The molecule has 0 amide bonds. The molecule has 0 aromatic carbocycles. The number of carbonyl (C=O) groups is 1. The number of nitrogens with zero attached hydrogens (tertiary/aromatic N) is 5. The predicted octanol–water partition coefficient (Wildman–Crippen LogP) is 4.82. The van der Waals surface area contributed by atoms with Crippen LogP contribution < -0.4 is 4.74 Å². The van der Waals surface area contributed by atoms with E-state index >= 15 is 0 Å². The molecule has 0 spiro atoms. The molecule has 2 N–H and O–H groups in total. The van der Waals surface area contributed by atoms with E-state index in [1.807, 2.05) is 18.3 Å². The first-order valence-corrected chi connectivity index (χ1v) is 16.9. The molecular formula is C25H27IN6O3. The summed E-state index contributed by atoms with van der Waals surface area (Å²) >= 11 is -1.10. The molecule has 0 atom stereocenters. The van der Waals surface area contributed by atoms with Crippen molar-refractivity contribution in [3.63, 3.8) is 0 Å². The number of carboxylic acids is 1. The molecule has 1 saturated carbocycles. The van der Waals surface area contributed by atoms with Gasteiger partial charge in [-0.3, -0.25) is 4.79 Å². The number of carboxylic acid groups (broad SMARTS) is 1. The van der Waals surface area contributed by atoms with E-state index in [9.17, 15) is 4.79 Å². The Bertz CT molecular complexity index is 1320. The van der Waals surface area contributed by atoms with Crippen molar-refractivity contribution in [3.05, 3.63) is 46.6 Å². The van der Waals surface area contributed by atoms with Crippen molar-refractivity contribution >= 4 is 37.0 Å². The summed E-state index contributed by atoms with van der Waals surface area (Å²) in [6, 6.07) is 6.39. The second-order valence-electron chi connectivity index (χ2n) is 8.91. The minimum atomic E-state index is -1.10. The average Bonchev–Trinajstić information content (AvgIpc) is 3.29. The quantitative estimate of drug-likeness (QED) is 0.233. The van der Waals surface area contributed by atoms with Crippen LogP contribution in [-0.4, -0.2) is 56.9 Å². The fourth-order valence-electron chi connectivity index (χ4n) is 4.28. The third-order valence-corrected chi connectivity index (χ3v) is 9.31. The van der Waals surface area contributed by atoms with Gasteiger partial charge in [0.1, 0.15) is 6.10 Å². The number of hydrogen-bond acceptors (Lipinski definition) is 7. The van der Waals surface area contributed by atoms with E-state index in [1.165, 1.54) is 3.57 Å². The number of imidazole rings is 1. The Hall–Kier alpha value is -3.15. The van der Waals surface area contributed by atoms with Gasteiger partial charge in [0.2, 0.25) is 0 Å². The maximum atomic E-state index is 10.9. The molecule has 1 fully saturated rings. The molecule has 4 aromatic rings. The summed E-state index contributed by atoms with van der Waals surface area (Å²) in [5, 5.41) is 8.95. The van der Waals surface area contributed by atoms with Crippen LogP contribution in [0.3, 0.4) is 0 Å². The third-order valence-electron chi connectivity index (χ3n) is 6.23. The summed E-state index contributed by atoms with van der Waals surface area (Å²) in [5.74, 6) is 0.250. The zero-order valence-corrected chi connectivity index (χ0v) is 21.8. The van der Waals surface area contributed by atoms with E-state index in [0.29, 0.717) is 11.7 Å². The molecule has 0 bridgehead atoms. The van der Waals surface area contributed by atoms with Gasteiger partial charge >= 0.3 is 152 Å². The van der Waals surface area contributed by atoms with E-state index in [2.05, 4.69) is 45.8 Å². The van der Waals surface area contributed by atoms with Gasteiger partial charge in [0.05, 0.1) is 0 Å². The van der Waals surface area contributed by atoms with Crippen LogP contribution in [0.15, 0.2) is 43.0 Å². The molecule has 182 valence electrons. The molecule has 0 saturated heterocycles. The zero-order chi connectivity index (χ0) is 24.4. The van der Waals surface area contributed by atoms with Crippen molar-refractivity contribution in [1.29, 1.82) is 0 Å². The molecule has 4 heterocycles. The van der Waals surface area contributed by atoms with Crippen LogP contribution >= 0.6 is 19.8 Å². The molecule has 9 nitrogen and oxygen atoms in total. The topological polar surface area (TPSA) is 127 Å². The van der Waals surface area contributed by atoms with Gasteiger partial charge in [-0.15, -0.1) is 0 Å². The Morgan fingerprint density at radius 3 is 2.43 bits per heavy atom. The molecular weight excluding hydrogens is 559 g/mol. The maximum absolute atomic E-state index is 10.9. The summed E-state index contributed by atoms with van der Waals surface area (Å²) in [6.07, 6.45) is 10.8. The fraction of sp³-hybridized carbons (Fsp3) is 0.360. The van der Waals surface area contributed by atoms with Crippen LogP contribution in [0, 0.1) is 9.49 Å². The number of ether oxygens (including phenoxy) is 1. The second kappa shape index (κ2) is 10.2. The third kappa shape index (κ3) is 5.58. The van der Waals surface area contributed by atoms with Gasteiger partial charge in [-0.2, -0.15) is 0 Å². The molecule has 0 radical (unpaired) electrons. The van der Waals surface area contributed by atoms with Crippen molar-refractivity contribution in [3.8, 4) is 28.7 Å². The zero-order valence-electron chi connectivity index (χ0n) is 19.6. The average molecular weight is 586 g/mol. The number of aromatic nitrogens is 6. The Labute approximate surface area is 210 Å². The van der Waals surface area contributed by atoms with Crippen molar-refractivity contribution in [2.45, 2.75) is 38.2 Å². The van der Waals surface area contributed by atoms with Crippen LogP contribution in [-0.2, 0) is 4.79 Å². The van der Waals surface area contributed by atoms with Crippen LogP contribution in [0.25, 0.3) is 33.8 Å². The minimum absolute atomic E-state index is 0.0286. The number of rotatable bonds is 7. The molecule has 10 heteroatoms. The Kier molecular flexibility index (Phi) is 6.89. The van der Waals surface area contributed by atoms with E-state index in [1.54, 1.807) is 18.6 Å². The standard InChI is InChI=1S/C25H27IN6O3/c1-26(2)18-10-21-24(28-14-18)32-23(31-21)16-5-8-20(27-11-16)17-12-29-25(30-13-17)35-19-6-3-15(4-7-19)9-22(33)34/h5,8,10-15,19H,3-4,6-7,9H2,1-2H3,(H,33,34)(H,28,31,32). The summed E-state index contributed by atoms with van der Waals surface area (Å²) in [7, 11) is 0. The van der Waals surface area contributed by atoms with Gasteiger partial charge < -0.3 is 9.84 Å². The molecule has 0 aliphatic heterocycles. The number of aliphatic carboxylic acids is 1. The summed E-state index contributed by atoms with van der Waals surface area (Å²) < 4.78 is 7.25. The Morgan fingerprint density at radius 2 is 1.77 bits per heavy atom. The van der Waals surface area contributed by atoms with Crippen LogP contribution in [0.5, 0.6) is 6.01 Å². The number of nitrogens with one attached hydrogen (secondary N) is 1. The predicted molar refractivity (Wildman–Crippen MR) is 141 cm³/mol. The van der Waals surface area contributed by atoms with Gasteiger partial charge in [0.25, 0.3) is 0 Å². The van der Waals surface area contributed by atoms with Gasteiger partial charge in [0.15, 0.2) is 0 Å². The Balaban J connectivity index is 1.23. The van der Waals surface area contributed by atoms with E-state index in [-0.39, 0.29) is 18.4 Å². The SMILES string of the molecule is CI(C)c1cnc2nc(-c3ccc(-c4cnc(OC5CCC(CC(=O)O)CC5)nc4)nc3)[nH]c2c1. The first kappa shape index (κ1) is 23.6. The molecule has 35 heavy (non-hydrogen) atoms. The first-order valence-electron chi connectivity index (χ1n) is 11.5. The van der Waals surface area contributed by atoms with E-state index in [4.69, 9.17) is 9.84 Å². The summed E-state index contributed by atoms with van der Waals surface area (Å²) in [4.78, 5) is 41.3. The molecule has 0 unspecified atom stereocenters. The number of H-pyrrole nitrogens is 1. The van der Waals surface area contributed by atoms with Crippen molar-refractivity contribution in [2.24, 2.45) is 5.92 Å². The number of halogens is 1. The van der Waals surface area contributed by atoms with Crippen LogP contribution in [0.1, 0.15) is 32.1 Å². The van der Waals surface area contributed by atoms with Gasteiger partial charge in [-0.05, 0) is 31.6 Å². The second-order valence-corrected chi connectivity index (χ2v) is 14.5. The molecule has 4 aromatic heterocycles. The van der Waals surface area contributed by atoms with E-state index in [0.717, 1.165) is 53.8 Å². The number of fused-ring (bicyclic) bond motifs is 1. The normalized spacial score (nSPS) is 18.4. The molecule has 5 rings (SSSR count). The first-order chi connectivity index (χ1) is 16.9. The van der Waals surface area contributed by atoms with Gasteiger partial charge in [0, 0.05) is 6.42 Å². The number of pyridine rings is 2. The van der Waals surface area contributed by atoms with Gasteiger partial charge in [-0.1, -0.05) is 0 Å². The fourth-order valence-corrected chi connectivity index (χ4v) is 5.91.